The number of hydrogen-bond donors (Lipinski definition) is 0. The van der Waals surface area contributed by atoms with Crippen molar-refractivity contribution in [3.05, 3.63) is 48.0 Å². The Morgan fingerprint density at radius 1 is 1.21 bits per heavy atom. The maximum Gasteiger partial charge on any atom is 0.265 e. The highest BCUT2D eigenvalue weighted by Gasteiger charge is 2.29. The highest BCUT2D eigenvalue weighted by atomic mass is 32.1. The Balaban J connectivity index is 1.75. The molecule has 0 unspecified atom stereocenters. The van der Waals surface area contributed by atoms with Gasteiger partial charge in [0.1, 0.15) is 18.2 Å². The number of carbonyl (C=O) groups is 2. The Bertz CT molecular complexity index is 1030. The molecule has 0 radical (unpaired) electrons. The fraction of sp³-hybridized carbons (Fsp3) is 0.286. The van der Waals surface area contributed by atoms with Crippen LogP contribution < -0.4 is 14.4 Å². The summed E-state index contributed by atoms with van der Waals surface area (Å²) in [4.78, 5) is 33.6. The number of hydrogen-bond acceptors (Lipinski definition) is 6. The van der Waals surface area contributed by atoms with E-state index in [4.69, 9.17) is 9.47 Å². The average molecular weight is 411 g/mol. The van der Waals surface area contributed by atoms with Gasteiger partial charge in [0.25, 0.3) is 5.91 Å². The number of anilines is 1. The molecule has 2 aromatic carbocycles. The summed E-state index contributed by atoms with van der Waals surface area (Å²) < 4.78 is 11.6. The summed E-state index contributed by atoms with van der Waals surface area (Å²) in [5, 5.41) is 0.550. The number of nitrogens with zero attached hydrogens (tertiary/aromatic N) is 3. The summed E-state index contributed by atoms with van der Waals surface area (Å²) >= 11 is 1.42. The molecule has 0 atom stereocenters. The van der Waals surface area contributed by atoms with Crippen molar-refractivity contribution in [1.82, 2.24) is 9.88 Å². The molecule has 0 bridgehead atoms. The van der Waals surface area contributed by atoms with Crippen molar-refractivity contribution in [2.24, 2.45) is 0 Å². The monoisotopic (exact) mass is 411 g/mol. The van der Waals surface area contributed by atoms with E-state index in [2.05, 4.69) is 4.98 Å². The second-order valence-corrected chi connectivity index (χ2v) is 7.67. The van der Waals surface area contributed by atoms with E-state index in [1.54, 1.807) is 35.1 Å². The van der Waals surface area contributed by atoms with E-state index < -0.39 is 0 Å². The number of methoxy groups -OCH3 is 2. The molecule has 2 amide bonds. The maximum atomic E-state index is 13.5. The zero-order valence-corrected chi connectivity index (χ0v) is 17.1. The first-order chi connectivity index (χ1) is 14.1. The summed E-state index contributed by atoms with van der Waals surface area (Å²) in [5.41, 5.74) is 1.21. The molecule has 0 aliphatic carbocycles. The molecule has 150 valence electrons. The van der Waals surface area contributed by atoms with Crippen molar-refractivity contribution >= 4 is 38.5 Å². The van der Waals surface area contributed by atoms with Crippen LogP contribution in [0.25, 0.3) is 10.2 Å². The van der Waals surface area contributed by atoms with Crippen LogP contribution >= 0.6 is 11.3 Å². The Morgan fingerprint density at radius 2 is 2.03 bits per heavy atom. The lowest BCUT2D eigenvalue weighted by Crippen LogP contribution is -2.42. The fourth-order valence-electron chi connectivity index (χ4n) is 3.33. The standard InChI is InChI=1S/C21H21N3O4S/c1-27-14-9-10-15(17(12-14)28-2)20(26)24(13-23-11-5-8-19(23)25)21-22-16-6-3-4-7-18(16)29-21/h3-4,6-7,9-10,12H,5,8,11,13H2,1-2H3. The van der Waals surface area contributed by atoms with Gasteiger partial charge in [-0.2, -0.15) is 0 Å². The van der Waals surface area contributed by atoms with E-state index in [1.807, 2.05) is 24.3 Å². The summed E-state index contributed by atoms with van der Waals surface area (Å²) in [6.45, 7) is 0.792. The number of benzene rings is 2. The predicted molar refractivity (Wildman–Crippen MR) is 112 cm³/mol. The van der Waals surface area contributed by atoms with Crippen LogP contribution in [0, 0.1) is 0 Å². The second-order valence-electron chi connectivity index (χ2n) is 6.67. The van der Waals surface area contributed by atoms with Crippen molar-refractivity contribution < 1.29 is 19.1 Å². The van der Waals surface area contributed by atoms with Gasteiger partial charge >= 0.3 is 0 Å². The van der Waals surface area contributed by atoms with Crippen molar-refractivity contribution in [2.75, 3.05) is 32.3 Å². The van der Waals surface area contributed by atoms with Crippen LogP contribution in [0.15, 0.2) is 42.5 Å². The van der Waals surface area contributed by atoms with Gasteiger partial charge in [-0.05, 0) is 30.7 Å². The van der Waals surface area contributed by atoms with E-state index in [9.17, 15) is 9.59 Å². The lowest BCUT2D eigenvalue weighted by Gasteiger charge is -2.26. The van der Waals surface area contributed by atoms with E-state index in [1.165, 1.54) is 18.4 Å². The van der Waals surface area contributed by atoms with Crippen LogP contribution in [0.2, 0.25) is 0 Å². The van der Waals surface area contributed by atoms with Gasteiger partial charge in [0.05, 0.1) is 30.0 Å². The number of thiazole rings is 1. The van der Waals surface area contributed by atoms with Crippen molar-refractivity contribution in [3.8, 4) is 11.5 Å². The second kappa shape index (κ2) is 8.08. The molecule has 0 N–H and O–H groups in total. The molecule has 7 nitrogen and oxygen atoms in total. The van der Waals surface area contributed by atoms with Crippen LogP contribution in [0.1, 0.15) is 23.2 Å². The third kappa shape index (κ3) is 3.75. The van der Waals surface area contributed by atoms with Crippen LogP contribution in [-0.4, -0.2) is 49.1 Å². The largest absolute Gasteiger partial charge is 0.497 e. The minimum atomic E-state index is -0.275. The maximum absolute atomic E-state index is 13.5. The highest BCUT2D eigenvalue weighted by Crippen LogP contribution is 2.32. The minimum Gasteiger partial charge on any atom is -0.497 e. The topological polar surface area (TPSA) is 72.0 Å². The molecule has 3 aromatic rings. The van der Waals surface area contributed by atoms with Crippen LogP contribution in [0.3, 0.4) is 0 Å². The smallest absolute Gasteiger partial charge is 0.265 e. The van der Waals surface area contributed by atoms with Crippen LogP contribution in [0.5, 0.6) is 11.5 Å². The SMILES string of the molecule is COc1ccc(C(=O)N(CN2CCCC2=O)c2nc3ccccc3s2)c(OC)c1. The van der Waals surface area contributed by atoms with Crippen molar-refractivity contribution in [3.63, 3.8) is 0 Å². The molecule has 1 aromatic heterocycles. The quantitative estimate of drug-likeness (QED) is 0.620. The van der Waals surface area contributed by atoms with Gasteiger partial charge in [0, 0.05) is 19.0 Å². The zero-order chi connectivity index (χ0) is 20.4. The van der Waals surface area contributed by atoms with Gasteiger partial charge in [0.15, 0.2) is 5.13 Å². The molecule has 1 saturated heterocycles. The van der Waals surface area contributed by atoms with Gasteiger partial charge in [0.2, 0.25) is 5.91 Å². The van der Waals surface area contributed by atoms with Gasteiger partial charge in [-0.25, -0.2) is 4.98 Å². The summed E-state index contributed by atoms with van der Waals surface area (Å²) in [6.07, 6.45) is 1.31. The number of amides is 2. The van der Waals surface area contributed by atoms with Crippen LogP contribution in [0.4, 0.5) is 5.13 Å². The number of likely N-dealkylation sites (tertiary alicyclic amines) is 1. The summed E-state index contributed by atoms with van der Waals surface area (Å²) in [6, 6.07) is 12.8. The highest BCUT2D eigenvalue weighted by molar-refractivity contribution is 7.22. The molecule has 4 rings (SSSR count). The molecular weight excluding hydrogens is 390 g/mol. The molecule has 1 fully saturated rings. The molecule has 0 spiro atoms. The van der Waals surface area contributed by atoms with Gasteiger partial charge in [-0.15, -0.1) is 0 Å². The molecule has 8 heteroatoms. The minimum absolute atomic E-state index is 0.0469. The zero-order valence-electron chi connectivity index (χ0n) is 16.3. The number of aromatic nitrogens is 1. The fourth-order valence-corrected chi connectivity index (χ4v) is 4.29. The number of fused-ring (bicyclic) bond motifs is 1. The summed E-state index contributed by atoms with van der Waals surface area (Å²) in [5.74, 6) is 0.779. The van der Waals surface area contributed by atoms with E-state index in [0.717, 1.165) is 16.6 Å². The van der Waals surface area contributed by atoms with Crippen molar-refractivity contribution in [2.45, 2.75) is 12.8 Å². The first-order valence-electron chi connectivity index (χ1n) is 9.28. The molecular formula is C21H21N3O4S. The number of ether oxygens (including phenoxy) is 2. The molecule has 0 saturated carbocycles. The Kier molecular flexibility index (Phi) is 5.35. The molecule has 2 heterocycles. The number of para-hydroxylation sites is 1. The van der Waals surface area contributed by atoms with Gasteiger partial charge in [-0.3, -0.25) is 14.5 Å². The lowest BCUT2D eigenvalue weighted by atomic mass is 10.1. The number of rotatable bonds is 6. The van der Waals surface area contributed by atoms with Crippen molar-refractivity contribution in [1.29, 1.82) is 0 Å². The predicted octanol–water partition coefficient (Wildman–Crippen LogP) is 3.54. The van der Waals surface area contributed by atoms with E-state index >= 15 is 0 Å². The van der Waals surface area contributed by atoms with E-state index in [0.29, 0.717) is 35.2 Å². The van der Waals surface area contributed by atoms with E-state index in [-0.39, 0.29) is 18.5 Å². The molecule has 1 aliphatic rings. The van der Waals surface area contributed by atoms with Gasteiger partial charge < -0.3 is 14.4 Å². The average Bonchev–Trinajstić information content (AvgIpc) is 3.36. The first-order valence-corrected chi connectivity index (χ1v) is 10.1. The molecule has 29 heavy (non-hydrogen) atoms. The van der Waals surface area contributed by atoms with Crippen LogP contribution in [-0.2, 0) is 4.79 Å². The Morgan fingerprint density at radius 3 is 2.72 bits per heavy atom. The third-order valence-corrected chi connectivity index (χ3v) is 5.94. The van der Waals surface area contributed by atoms with Gasteiger partial charge in [-0.1, -0.05) is 23.5 Å². The number of carbonyl (C=O) groups excluding carboxylic acids is 2. The third-order valence-electron chi connectivity index (χ3n) is 4.88. The Hall–Kier alpha value is -3.13. The lowest BCUT2D eigenvalue weighted by molar-refractivity contribution is -0.127. The Labute approximate surface area is 172 Å². The first kappa shape index (κ1) is 19.2. The molecule has 1 aliphatic heterocycles. The normalized spacial score (nSPS) is 13.7. The summed E-state index contributed by atoms with van der Waals surface area (Å²) in [7, 11) is 3.07.